The molecule has 12 heavy (non-hydrogen) atoms. The highest BCUT2D eigenvalue weighted by Crippen LogP contribution is 2.15. The van der Waals surface area contributed by atoms with Gasteiger partial charge in [0, 0.05) is 8.07 Å². The topological polar surface area (TPSA) is 17.1 Å². The molecule has 0 unspecified atom stereocenters. The molecule has 0 atom stereocenters. The van der Waals surface area contributed by atoms with E-state index in [0.717, 1.165) is 11.6 Å². The lowest BCUT2D eigenvalue weighted by Gasteiger charge is -2.15. The molecular formula is C10H18OSi. The third kappa shape index (κ3) is 5.08. The number of hydrogen-bond donors (Lipinski definition) is 0. The van der Waals surface area contributed by atoms with Gasteiger partial charge in [0.1, 0.15) is 0 Å². The summed E-state index contributed by atoms with van der Waals surface area (Å²) in [7, 11) is -1.17. The van der Waals surface area contributed by atoms with E-state index < -0.39 is 8.07 Å². The number of hydrogen-bond acceptors (Lipinski definition) is 1. The van der Waals surface area contributed by atoms with Crippen molar-refractivity contribution in [2.24, 2.45) is 0 Å². The van der Waals surface area contributed by atoms with Gasteiger partial charge in [0.05, 0.1) is 0 Å². The predicted molar refractivity (Wildman–Crippen MR) is 57.1 cm³/mol. The van der Waals surface area contributed by atoms with Gasteiger partial charge in [-0.3, -0.25) is 4.79 Å². The lowest BCUT2D eigenvalue weighted by Crippen LogP contribution is -2.21. The highest BCUT2D eigenvalue weighted by atomic mass is 28.3. The van der Waals surface area contributed by atoms with Crippen LogP contribution in [0.15, 0.2) is 24.3 Å². The highest BCUT2D eigenvalue weighted by Gasteiger charge is 2.16. The van der Waals surface area contributed by atoms with E-state index in [4.69, 9.17) is 0 Å². The Morgan fingerprint density at radius 3 is 2.25 bits per heavy atom. The molecule has 0 fully saturated rings. The Morgan fingerprint density at radius 2 is 1.92 bits per heavy atom. The standard InChI is InChI=1S/C10H18OSi/c1-6-7-10(11)9(2)8-12(3,4)5/h6-7H,2,8H2,1,3-5H3/b7-6+. The Balaban J connectivity index is 4.15. The van der Waals surface area contributed by atoms with Gasteiger partial charge in [-0.15, -0.1) is 0 Å². The molecule has 0 aromatic carbocycles. The SMILES string of the molecule is C=C(C[Si](C)(C)C)C(=O)/C=C/C. The van der Waals surface area contributed by atoms with Crippen LogP contribution in [-0.4, -0.2) is 13.9 Å². The lowest BCUT2D eigenvalue weighted by molar-refractivity contribution is -0.111. The van der Waals surface area contributed by atoms with Gasteiger partial charge >= 0.3 is 0 Å². The zero-order valence-corrected chi connectivity index (χ0v) is 9.48. The Bertz CT molecular complexity index is 208. The average Bonchev–Trinajstić information content (AvgIpc) is 1.84. The third-order valence-corrected chi connectivity index (χ3v) is 2.90. The van der Waals surface area contributed by atoms with Crippen molar-refractivity contribution >= 4 is 13.9 Å². The van der Waals surface area contributed by atoms with E-state index in [1.54, 1.807) is 12.2 Å². The number of allylic oxidation sites excluding steroid dienone is 3. The second kappa shape index (κ2) is 4.41. The fraction of sp³-hybridized carbons (Fsp3) is 0.500. The van der Waals surface area contributed by atoms with Crippen LogP contribution in [0.4, 0.5) is 0 Å². The maximum absolute atomic E-state index is 11.3. The van der Waals surface area contributed by atoms with E-state index in [0.29, 0.717) is 0 Å². The molecule has 0 saturated carbocycles. The molecule has 0 heterocycles. The fourth-order valence-electron chi connectivity index (χ4n) is 0.997. The molecule has 0 aromatic heterocycles. The smallest absolute Gasteiger partial charge is 0.180 e. The van der Waals surface area contributed by atoms with Crippen molar-refractivity contribution in [1.82, 2.24) is 0 Å². The molecule has 0 radical (unpaired) electrons. The molecule has 0 spiro atoms. The van der Waals surface area contributed by atoms with E-state index in [-0.39, 0.29) is 5.78 Å². The Kier molecular flexibility index (Phi) is 4.17. The van der Waals surface area contributed by atoms with Crippen LogP contribution in [0.2, 0.25) is 25.7 Å². The summed E-state index contributed by atoms with van der Waals surface area (Å²) in [4.78, 5) is 11.3. The Labute approximate surface area is 76.2 Å². The molecule has 0 amide bonds. The van der Waals surface area contributed by atoms with E-state index in [9.17, 15) is 4.79 Å². The van der Waals surface area contributed by atoms with Crippen molar-refractivity contribution in [3.8, 4) is 0 Å². The molecule has 0 saturated heterocycles. The van der Waals surface area contributed by atoms with Crippen LogP contribution in [0.3, 0.4) is 0 Å². The predicted octanol–water partition coefficient (Wildman–Crippen LogP) is 3.03. The molecule has 0 bridgehead atoms. The maximum Gasteiger partial charge on any atom is 0.180 e. The van der Waals surface area contributed by atoms with Gasteiger partial charge < -0.3 is 0 Å². The summed E-state index contributed by atoms with van der Waals surface area (Å²) >= 11 is 0. The molecule has 0 N–H and O–H groups in total. The van der Waals surface area contributed by atoms with Crippen molar-refractivity contribution in [3.05, 3.63) is 24.3 Å². The molecule has 0 aromatic rings. The number of ketones is 1. The molecule has 0 aliphatic heterocycles. The number of rotatable bonds is 4. The van der Waals surface area contributed by atoms with Crippen molar-refractivity contribution in [2.45, 2.75) is 32.6 Å². The first-order valence-corrected chi connectivity index (χ1v) is 7.92. The molecule has 68 valence electrons. The minimum Gasteiger partial charge on any atom is -0.290 e. The summed E-state index contributed by atoms with van der Waals surface area (Å²) < 4.78 is 0. The van der Waals surface area contributed by atoms with Gasteiger partial charge in [-0.1, -0.05) is 32.3 Å². The van der Waals surface area contributed by atoms with E-state index in [2.05, 4.69) is 26.2 Å². The third-order valence-electron chi connectivity index (χ3n) is 1.41. The number of carbonyl (C=O) groups excluding carboxylic acids is 1. The maximum atomic E-state index is 11.3. The second-order valence-corrected chi connectivity index (χ2v) is 9.68. The highest BCUT2D eigenvalue weighted by molar-refractivity contribution is 6.77. The van der Waals surface area contributed by atoms with Crippen LogP contribution in [0.5, 0.6) is 0 Å². The van der Waals surface area contributed by atoms with Crippen LogP contribution >= 0.6 is 0 Å². The first-order valence-electron chi connectivity index (χ1n) is 4.21. The zero-order chi connectivity index (χ0) is 9.78. The second-order valence-electron chi connectivity index (χ2n) is 4.21. The van der Waals surface area contributed by atoms with Crippen LogP contribution in [0.1, 0.15) is 6.92 Å². The quantitative estimate of drug-likeness (QED) is 0.482. The van der Waals surface area contributed by atoms with Gasteiger partial charge in [0.15, 0.2) is 5.78 Å². The molecule has 2 heteroatoms. The van der Waals surface area contributed by atoms with E-state index in [1.165, 1.54) is 0 Å². The van der Waals surface area contributed by atoms with Gasteiger partial charge in [-0.05, 0) is 24.6 Å². The van der Waals surface area contributed by atoms with Gasteiger partial charge in [0.2, 0.25) is 0 Å². The van der Waals surface area contributed by atoms with Crippen molar-refractivity contribution in [3.63, 3.8) is 0 Å². The fourth-order valence-corrected chi connectivity index (χ4v) is 2.45. The summed E-state index contributed by atoms with van der Waals surface area (Å²) in [5.74, 6) is 0.0833. The molecule has 0 aliphatic rings. The van der Waals surface area contributed by atoms with Crippen molar-refractivity contribution in [1.29, 1.82) is 0 Å². The summed E-state index contributed by atoms with van der Waals surface area (Å²) in [5, 5.41) is 0. The normalized spacial score (nSPS) is 12.0. The van der Waals surface area contributed by atoms with Crippen LogP contribution in [-0.2, 0) is 4.79 Å². The number of carbonyl (C=O) groups is 1. The van der Waals surface area contributed by atoms with Gasteiger partial charge in [0.25, 0.3) is 0 Å². The summed E-state index contributed by atoms with van der Waals surface area (Å²) in [5.41, 5.74) is 0.757. The molecule has 0 aliphatic carbocycles. The molecular weight excluding hydrogens is 164 g/mol. The Hall–Kier alpha value is -0.633. The molecule has 0 rings (SSSR count). The van der Waals surface area contributed by atoms with E-state index >= 15 is 0 Å². The van der Waals surface area contributed by atoms with Gasteiger partial charge in [-0.25, -0.2) is 0 Å². The first-order chi connectivity index (χ1) is 5.37. The van der Waals surface area contributed by atoms with Crippen molar-refractivity contribution < 1.29 is 4.79 Å². The van der Waals surface area contributed by atoms with E-state index in [1.807, 2.05) is 6.92 Å². The minimum atomic E-state index is -1.17. The zero-order valence-electron chi connectivity index (χ0n) is 8.48. The van der Waals surface area contributed by atoms with Crippen molar-refractivity contribution in [2.75, 3.05) is 0 Å². The summed E-state index contributed by atoms with van der Waals surface area (Å²) in [6, 6.07) is 0.899. The van der Waals surface area contributed by atoms with Gasteiger partial charge in [-0.2, -0.15) is 0 Å². The monoisotopic (exact) mass is 182 g/mol. The van der Waals surface area contributed by atoms with Crippen LogP contribution in [0.25, 0.3) is 0 Å². The lowest BCUT2D eigenvalue weighted by atomic mass is 10.2. The largest absolute Gasteiger partial charge is 0.290 e. The summed E-state index contributed by atoms with van der Waals surface area (Å²) in [6.45, 7) is 12.4. The molecule has 1 nitrogen and oxygen atoms in total. The van der Waals surface area contributed by atoms with Crippen LogP contribution < -0.4 is 0 Å². The van der Waals surface area contributed by atoms with Crippen LogP contribution in [0, 0.1) is 0 Å². The Morgan fingerprint density at radius 1 is 1.42 bits per heavy atom. The summed E-state index contributed by atoms with van der Waals surface area (Å²) in [6.07, 6.45) is 3.35. The first kappa shape index (κ1) is 11.4. The minimum absolute atomic E-state index is 0.0833. The average molecular weight is 182 g/mol.